The summed E-state index contributed by atoms with van der Waals surface area (Å²) in [7, 11) is 0. The van der Waals surface area contributed by atoms with Crippen molar-refractivity contribution >= 4 is 5.96 Å². The average Bonchev–Trinajstić information content (AvgIpc) is 2.55. The zero-order valence-electron chi connectivity index (χ0n) is 15.0. The summed E-state index contributed by atoms with van der Waals surface area (Å²) >= 11 is 0. The molecule has 0 bridgehead atoms. The van der Waals surface area contributed by atoms with Crippen LogP contribution in [-0.4, -0.2) is 42.0 Å². The largest absolute Gasteiger partial charge is 0.357 e. The van der Waals surface area contributed by atoms with Gasteiger partial charge in [0.05, 0.1) is 0 Å². The number of rotatable bonds is 6. The molecule has 1 unspecified atom stereocenters. The Bertz CT molecular complexity index is 481. The quantitative estimate of drug-likeness (QED) is 0.645. The van der Waals surface area contributed by atoms with Crippen molar-refractivity contribution < 1.29 is 0 Å². The van der Waals surface area contributed by atoms with Crippen molar-refractivity contribution in [2.45, 2.75) is 52.9 Å². The van der Waals surface area contributed by atoms with Crippen molar-refractivity contribution in [3.63, 3.8) is 0 Å². The van der Waals surface area contributed by atoms with E-state index in [4.69, 9.17) is 4.99 Å². The molecule has 1 aliphatic heterocycles. The van der Waals surface area contributed by atoms with Crippen LogP contribution in [0.1, 0.15) is 52.0 Å². The lowest BCUT2D eigenvalue weighted by atomic mass is 9.78. The second-order valence-corrected chi connectivity index (χ2v) is 6.93. The van der Waals surface area contributed by atoms with Gasteiger partial charge in [-0.15, -0.1) is 0 Å². The maximum Gasteiger partial charge on any atom is 0.193 e. The molecular weight excluding hydrogens is 284 g/mol. The Morgan fingerprint density at radius 1 is 1.43 bits per heavy atom. The summed E-state index contributed by atoms with van der Waals surface area (Å²) in [6.45, 7) is 10.9. The Kier molecular flexibility index (Phi) is 6.87. The molecule has 1 aromatic heterocycles. The Morgan fingerprint density at radius 2 is 2.30 bits per heavy atom. The van der Waals surface area contributed by atoms with Crippen LogP contribution < -0.4 is 5.32 Å². The maximum atomic E-state index is 4.86. The molecule has 0 saturated carbocycles. The lowest BCUT2D eigenvalue weighted by molar-refractivity contribution is 0.142. The molecule has 1 N–H and O–H groups in total. The number of aromatic nitrogens is 1. The number of piperidine rings is 1. The van der Waals surface area contributed by atoms with E-state index in [1.54, 1.807) is 0 Å². The first-order valence-corrected chi connectivity index (χ1v) is 9.09. The van der Waals surface area contributed by atoms with Gasteiger partial charge in [-0.25, -0.2) is 0 Å². The van der Waals surface area contributed by atoms with Crippen molar-refractivity contribution in [2.75, 3.05) is 26.2 Å². The molecular formula is C19H32N4. The van der Waals surface area contributed by atoms with Gasteiger partial charge in [-0.2, -0.15) is 0 Å². The van der Waals surface area contributed by atoms with E-state index in [0.29, 0.717) is 5.41 Å². The zero-order chi connectivity index (χ0) is 16.5. The van der Waals surface area contributed by atoms with Crippen LogP contribution in [0.2, 0.25) is 0 Å². The van der Waals surface area contributed by atoms with Crippen LogP contribution in [0.3, 0.4) is 0 Å². The normalized spacial score (nSPS) is 22.2. The Hall–Kier alpha value is -1.58. The summed E-state index contributed by atoms with van der Waals surface area (Å²) in [6, 6.07) is 4.11. The highest BCUT2D eigenvalue weighted by atomic mass is 15.3. The number of nitrogens with zero attached hydrogens (tertiary/aromatic N) is 3. The summed E-state index contributed by atoms with van der Waals surface area (Å²) in [5.74, 6) is 1.08. The number of hydrogen-bond acceptors (Lipinski definition) is 2. The van der Waals surface area contributed by atoms with Crippen LogP contribution in [0.15, 0.2) is 29.5 Å². The van der Waals surface area contributed by atoms with Gasteiger partial charge in [0, 0.05) is 38.6 Å². The molecule has 1 fully saturated rings. The van der Waals surface area contributed by atoms with Gasteiger partial charge in [0.2, 0.25) is 0 Å². The number of hydrogen-bond donors (Lipinski definition) is 1. The van der Waals surface area contributed by atoms with Gasteiger partial charge >= 0.3 is 0 Å². The third kappa shape index (κ3) is 5.52. The molecule has 0 amide bonds. The molecule has 4 heteroatoms. The maximum absolute atomic E-state index is 4.86. The molecule has 2 rings (SSSR count). The van der Waals surface area contributed by atoms with E-state index in [9.17, 15) is 0 Å². The van der Waals surface area contributed by atoms with Gasteiger partial charge in [0.1, 0.15) is 0 Å². The highest BCUT2D eigenvalue weighted by Crippen LogP contribution is 2.33. The smallest absolute Gasteiger partial charge is 0.193 e. The molecule has 0 aliphatic carbocycles. The van der Waals surface area contributed by atoms with Crippen molar-refractivity contribution in [3.8, 4) is 0 Å². The van der Waals surface area contributed by atoms with E-state index in [2.05, 4.69) is 42.0 Å². The van der Waals surface area contributed by atoms with Gasteiger partial charge in [0.25, 0.3) is 0 Å². The molecule has 23 heavy (non-hydrogen) atoms. The van der Waals surface area contributed by atoms with Crippen LogP contribution in [0.4, 0.5) is 0 Å². The second-order valence-electron chi connectivity index (χ2n) is 6.93. The molecule has 0 aromatic carbocycles. The van der Waals surface area contributed by atoms with Crippen LogP contribution in [-0.2, 0) is 6.42 Å². The minimum absolute atomic E-state index is 0.437. The zero-order valence-corrected chi connectivity index (χ0v) is 15.0. The van der Waals surface area contributed by atoms with Gasteiger partial charge in [0.15, 0.2) is 5.96 Å². The molecule has 1 atom stereocenters. The van der Waals surface area contributed by atoms with Crippen LogP contribution >= 0.6 is 0 Å². The highest BCUT2D eigenvalue weighted by Gasteiger charge is 2.31. The average molecular weight is 316 g/mol. The summed E-state index contributed by atoms with van der Waals surface area (Å²) in [5.41, 5.74) is 1.69. The van der Waals surface area contributed by atoms with Crippen molar-refractivity contribution in [3.05, 3.63) is 30.1 Å². The predicted molar refractivity (Wildman–Crippen MR) is 97.7 cm³/mol. The molecule has 0 radical (unpaired) electrons. The third-order valence-corrected chi connectivity index (χ3v) is 4.65. The number of nitrogens with one attached hydrogen (secondary N) is 1. The first kappa shape index (κ1) is 17.8. The van der Waals surface area contributed by atoms with E-state index >= 15 is 0 Å². The third-order valence-electron chi connectivity index (χ3n) is 4.65. The number of pyridine rings is 1. The lowest BCUT2D eigenvalue weighted by Gasteiger charge is -2.42. The molecule has 128 valence electrons. The van der Waals surface area contributed by atoms with Crippen LogP contribution in [0.5, 0.6) is 0 Å². The lowest BCUT2D eigenvalue weighted by Crippen LogP contribution is -2.49. The standard InChI is InChI=1S/C19H32N4/c1-4-10-19(3)11-7-14-23(16-19)18(21-5-2)22-13-9-17-8-6-12-20-15-17/h6,8,12,15H,4-5,7,9-11,13-14,16H2,1-3H3,(H,21,22). The summed E-state index contributed by atoms with van der Waals surface area (Å²) in [4.78, 5) is 11.5. The molecule has 4 nitrogen and oxygen atoms in total. The molecule has 1 aromatic rings. The van der Waals surface area contributed by atoms with Crippen molar-refractivity contribution in [2.24, 2.45) is 10.4 Å². The fourth-order valence-corrected chi connectivity index (χ4v) is 3.57. The van der Waals surface area contributed by atoms with Gasteiger partial charge in [-0.05, 0) is 49.7 Å². The van der Waals surface area contributed by atoms with Crippen LogP contribution in [0, 0.1) is 5.41 Å². The van der Waals surface area contributed by atoms with E-state index < -0.39 is 0 Å². The fraction of sp³-hybridized carbons (Fsp3) is 0.684. The van der Waals surface area contributed by atoms with Crippen molar-refractivity contribution in [1.29, 1.82) is 0 Å². The van der Waals surface area contributed by atoms with E-state index in [1.807, 2.05) is 18.5 Å². The first-order valence-electron chi connectivity index (χ1n) is 9.09. The van der Waals surface area contributed by atoms with Gasteiger partial charge < -0.3 is 10.2 Å². The monoisotopic (exact) mass is 316 g/mol. The molecule has 0 spiro atoms. The highest BCUT2D eigenvalue weighted by molar-refractivity contribution is 5.80. The number of guanidine groups is 1. The number of likely N-dealkylation sites (tertiary alicyclic amines) is 1. The van der Waals surface area contributed by atoms with Gasteiger partial charge in [-0.3, -0.25) is 9.98 Å². The summed E-state index contributed by atoms with van der Waals surface area (Å²) in [6.07, 6.45) is 9.87. The Labute approximate surface area is 141 Å². The molecule has 2 heterocycles. The topological polar surface area (TPSA) is 40.5 Å². The van der Waals surface area contributed by atoms with Crippen molar-refractivity contribution in [1.82, 2.24) is 15.2 Å². The number of aliphatic imine (C=N–C) groups is 1. The predicted octanol–water partition coefficient (Wildman–Crippen LogP) is 3.49. The van der Waals surface area contributed by atoms with E-state index in [-0.39, 0.29) is 0 Å². The van der Waals surface area contributed by atoms with E-state index in [0.717, 1.165) is 38.6 Å². The SMILES string of the molecule is CCCC1(C)CCCN(C(=NCCc2cccnc2)NCC)C1. The summed E-state index contributed by atoms with van der Waals surface area (Å²) in [5, 5.41) is 3.48. The fourth-order valence-electron chi connectivity index (χ4n) is 3.57. The van der Waals surface area contributed by atoms with Gasteiger partial charge in [-0.1, -0.05) is 26.3 Å². The second kappa shape index (κ2) is 8.90. The minimum Gasteiger partial charge on any atom is -0.357 e. The molecule has 1 saturated heterocycles. The van der Waals surface area contributed by atoms with Crippen LogP contribution in [0.25, 0.3) is 0 Å². The van der Waals surface area contributed by atoms with E-state index in [1.165, 1.54) is 31.2 Å². The Balaban J connectivity index is 1.97. The Morgan fingerprint density at radius 3 is 3.00 bits per heavy atom. The summed E-state index contributed by atoms with van der Waals surface area (Å²) < 4.78 is 0. The molecule has 1 aliphatic rings. The minimum atomic E-state index is 0.437. The first-order chi connectivity index (χ1) is 11.2.